The topological polar surface area (TPSA) is 145 Å². The number of amides is 1. The van der Waals surface area contributed by atoms with Crippen LogP contribution in [0.3, 0.4) is 0 Å². The molecule has 0 radical (unpaired) electrons. The third-order valence-electron chi connectivity index (χ3n) is 11.1. The first-order valence-corrected chi connectivity index (χ1v) is 24.5. The van der Waals surface area contributed by atoms with Crippen LogP contribution in [0, 0.1) is 5.92 Å². The number of halogens is 1. The Morgan fingerprint density at radius 1 is 0.881 bits per heavy atom. The number of aliphatic hydroxyl groups excluding tert-OH is 1. The standard InChI is InChI=1S/C45H49ClN4O6S3/c1-58(53,54)43-29-39(21-22-42(43)48-36(28-35-8-7-25-47-35)30-57-38-9-3-2-4-10-38)59(55,56)49-45(52)33-15-19-37(20-16-33)50-26-23-32(24-27-50)44(51)41-12-6-5-11-40(41)31-13-17-34(46)18-14-31/h2-6,9-22,29,32,35-36,44,47-48,51H,7-8,23-28,30H2,1H3,(H,49,52)/t35-,36+,44+/m0/s1. The Bertz CT molecular complexity index is 2440. The van der Waals surface area contributed by atoms with Crippen molar-refractivity contribution in [3.05, 3.63) is 137 Å². The van der Waals surface area contributed by atoms with E-state index in [0.29, 0.717) is 29.6 Å². The van der Waals surface area contributed by atoms with Gasteiger partial charge in [-0.2, -0.15) is 0 Å². The summed E-state index contributed by atoms with van der Waals surface area (Å²) in [4.78, 5) is 16.1. The maximum Gasteiger partial charge on any atom is 0.264 e. The quantitative estimate of drug-likeness (QED) is 0.0761. The first-order valence-electron chi connectivity index (χ1n) is 19.8. The van der Waals surface area contributed by atoms with E-state index in [4.69, 9.17) is 11.6 Å². The molecule has 2 fully saturated rings. The van der Waals surface area contributed by atoms with Crippen LogP contribution < -0.4 is 20.3 Å². The molecule has 3 atom stereocenters. The van der Waals surface area contributed by atoms with Gasteiger partial charge >= 0.3 is 0 Å². The number of anilines is 2. The number of sulfone groups is 1. The number of nitrogens with one attached hydrogen (secondary N) is 3. The number of thioether (sulfide) groups is 1. The first kappa shape index (κ1) is 42.7. The highest BCUT2D eigenvalue weighted by Crippen LogP contribution is 2.37. The van der Waals surface area contributed by atoms with Crippen LogP contribution in [0.2, 0.25) is 5.02 Å². The molecule has 0 aliphatic carbocycles. The van der Waals surface area contributed by atoms with Crippen LogP contribution in [0.1, 0.15) is 54.1 Å². The van der Waals surface area contributed by atoms with Gasteiger partial charge in [-0.05, 0) is 128 Å². The van der Waals surface area contributed by atoms with Crippen molar-refractivity contribution in [1.29, 1.82) is 0 Å². The van der Waals surface area contributed by atoms with Crippen molar-refractivity contribution in [2.45, 2.75) is 65.0 Å². The van der Waals surface area contributed by atoms with E-state index < -0.39 is 31.9 Å². The second-order valence-corrected chi connectivity index (χ2v) is 20.5. The number of nitrogens with zero attached hydrogens (tertiary/aromatic N) is 1. The molecule has 2 aliphatic rings. The summed E-state index contributed by atoms with van der Waals surface area (Å²) < 4.78 is 55.4. The predicted molar refractivity (Wildman–Crippen MR) is 238 cm³/mol. The summed E-state index contributed by atoms with van der Waals surface area (Å²) in [7, 11) is -8.31. The minimum atomic E-state index is -4.44. The maximum absolute atomic E-state index is 13.5. The van der Waals surface area contributed by atoms with Gasteiger partial charge in [0.25, 0.3) is 15.9 Å². The Kier molecular flexibility index (Phi) is 13.7. The molecule has 0 bridgehead atoms. The third kappa shape index (κ3) is 10.9. The summed E-state index contributed by atoms with van der Waals surface area (Å²) in [6, 6.07) is 36.3. The fraction of sp³-hybridized carbons (Fsp3) is 0.311. The number of hydrogen-bond acceptors (Lipinski definition) is 10. The van der Waals surface area contributed by atoms with E-state index in [1.807, 2.05) is 78.9 Å². The number of benzene rings is 5. The van der Waals surface area contributed by atoms with Gasteiger partial charge < -0.3 is 20.6 Å². The number of piperidine rings is 1. The van der Waals surface area contributed by atoms with Crippen LogP contribution in [-0.4, -0.2) is 71.6 Å². The summed E-state index contributed by atoms with van der Waals surface area (Å²) in [5, 5.41) is 19.1. The molecule has 2 saturated heterocycles. The lowest BCUT2D eigenvalue weighted by molar-refractivity contribution is 0.0934. The van der Waals surface area contributed by atoms with Crippen LogP contribution in [0.15, 0.2) is 136 Å². The van der Waals surface area contributed by atoms with Crippen molar-refractivity contribution >= 4 is 60.5 Å². The van der Waals surface area contributed by atoms with Gasteiger partial charge in [0.05, 0.1) is 21.6 Å². The number of sulfonamides is 1. The van der Waals surface area contributed by atoms with Gasteiger partial charge in [-0.15, -0.1) is 11.8 Å². The molecule has 7 rings (SSSR count). The average Bonchev–Trinajstić information content (AvgIpc) is 3.76. The van der Waals surface area contributed by atoms with Crippen LogP contribution in [0.4, 0.5) is 11.4 Å². The highest BCUT2D eigenvalue weighted by molar-refractivity contribution is 7.99. The largest absolute Gasteiger partial charge is 0.388 e. The van der Waals surface area contributed by atoms with Gasteiger partial charge in [-0.25, -0.2) is 21.6 Å². The summed E-state index contributed by atoms with van der Waals surface area (Å²) in [6.45, 7) is 2.33. The Balaban J connectivity index is 0.987. The van der Waals surface area contributed by atoms with E-state index in [2.05, 4.69) is 20.3 Å². The second kappa shape index (κ2) is 18.9. The van der Waals surface area contributed by atoms with Gasteiger partial charge in [0.1, 0.15) is 0 Å². The van der Waals surface area contributed by atoms with Gasteiger partial charge in [0, 0.05) is 58.4 Å². The summed E-state index contributed by atoms with van der Waals surface area (Å²) in [6.07, 6.45) is 4.78. The normalized spacial score (nSPS) is 17.3. The van der Waals surface area contributed by atoms with E-state index >= 15 is 0 Å². The monoisotopic (exact) mass is 872 g/mol. The Labute approximate surface area is 356 Å². The van der Waals surface area contributed by atoms with E-state index in [1.165, 1.54) is 12.1 Å². The zero-order chi connectivity index (χ0) is 41.6. The molecular weight excluding hydrogens is 824 g/mol. The van der Waals surface area contributed by atoms with Crippen molar-refractivity contribution in [2.75, 3.05) is 41.9 Å². The van der Waals surface area contributed by atoms with Crippen molar-refractivity contribution in [3.63, 3.8) is 0 Å². The van der Waals surface area contributed by atoms with Crippen LogP contribution in [-0.2, 0) is 19.9 Å². The number of hydrogen-bond donors (Lipinski definition) is 4. The Hall–Kier alpha value is -4.37. The number of carbonyl (C=O) groups excluding carboxylic acids is 1. The Morgan fingerprint density at radius 3 is 2.25 bits per heavy atom. The van der Waals surface area contributed by atoms with Crippen LogP contribution in [0.25, 0.3) is 11.1 Å². The molecule has 1 amide bonds. The molecule has 10 nitrogen and oxygen atoms in total. The lowest BCUT2D eigenvalue weighted by Crippen LogP contribution is -2.35. The van der Waals surface area contributed by atoms with E-state index in [9.17, 15) is 26.7 Å². The Morgan fingerprint density at radius 2 is 1.58 bits per heavy atom. The van der Waals surface area contributed by atoms with Gasteiger partial charge in [0.15, 0.2) is 9.84 Å². The lowest BCUT2D eigenvalue weighted by atomic mass is 9.84. The molecule has 0 unspecified atom stereocenters. The minimum absolute atomic E-state index is 0.0531. The van der Waals surface area contributed by atoms with E-state index in [-0.39, 0.29) is 33.4 Å². The highest BCUT2D eigenvalue weighted by Gasteiger charge is 2.29. The lowest BCUT2D eigenvalue weighted by Gasteiger charge is -2.36. The van der Waals surface area contributed by atoms with Crippen molar-refractivity contribution in [1.82, 2.24) is 10.0 Å². The molecule has 0 aromatic heterocycles. The average molecular weight is 874 g/mol. The van der Waals surface area contributed by atoms with Crippen molar-refractivity contribution in [3.8, 4) is 11.1 Å². The van der Waals surface area contributed by atoms with Gasteiger partial charge in [-0.1, -0.05) is 66.2 Å². The fourth-order valence-corrected chi connectivity index (χ4v) is 11.0. The van der Waals surface area contributed by atoms with Gasteiger partial charge in [-0.3, -0.25) is 4.79 Å². The second-order valence-electron chi connectivity index (χ2n) is 15.3. The summed E-state index contributed by atoms with van der Waals surface area (Å²) in [5.41, 5.74) is 4.18. The van der Waals surface area contributed by atoms with E-state index in [1.54, 1.807) is 36.0 Å². The summed E-state index contributed by atoms with van der Waals surface area (Å²) in [5.74, 6) is -0.108. The molecule has 0 saturated carbocycles. The molecule has 4 N–H and O–H groups in total. The number of rotatable bonds is 15. The molecule has 59 heavy (non-hydrogen) atoms. The number of aliphatic hydroxyl groups is 1. The van der Waals surface area contributed by atoms with Crippen molar-refractivity contribution in [2.24, 2.45) is 5.92 Å². The molecule has 14 heteroatoms. The van der Waals surface area contributed by atoms with Crippen LogP contribution in [0.5, 0.6) is 0 Å². The molecule has 310 valence electrons. The number of carbonyl (C=O) groups is 1. The van der Waals surface area contributed by atoms with Crippen molar-refractivity contribution < 1.29 is 26.7 Å². The molecular formula is C45H49ClN4O6S3. The fourth-order valence-electron chi connectivity index (χ4n) is 7.94. The van der Waals surface area contributed by atoms with Gasteiger partial charge in [0.2, 0.25) is 0 Å². The van der Waals surface area contributed by atoms with Crippen LogP contribution >= 0.6 is 23.4 Å². The zero-order valence-electron chi connectivity index (χ0n) is 32.8. The summed E-state index contributed by atoms with van der Waals surface area (Å²) >= 11 is 7.78. The molecule has 2 aliphatic heterocycles. The molecule has 5 aromatic carbocycles. The van der Waals surface area contributed by atoms with E-state index in [0.717, 1.165) is 78.2 Å². The SMILES string of the molecule is CS(=O)(=O)c1cc(S(=O)(=O)NC(=O)c2ccc(N3CCC([C@@H](O)c4ccccc4-c4ccc(Cl)cc4)CC3)cc2)ccc1N[C@@H](CSc1ccccc1)C[C@@H]1CCCN1. The molecule has 5 aromatic rings. The maximum atomic E-state index is 13.5. The first-order chi connectivity index (χ1) is 28.3. The molecule has 2 heterocycles. The smallest absolute Gasteiger partial charge is 0.264 e. The minimum Gasteiger partial charge on any atom is -0.388 e. The third-order valence-corrected chi connectivity index (χ3v) is 15.0. The molecule has 0 spiro atoms. The highest BCUT2D eigenvalue weighted by atomic mass is 35.5. The predicted octanol–water partition coefficient (Wildman–Crippen LogP) is 8.19. The zero-order valence-corrected chi connectivity index (χ0v) is 36.0.